The lowest BCUT2D eigenvalue weighted by Gasteiger charge is -2.12. The summed E-state index contributed by atoms with van der Waals surface area (Å²) in [4.78, 5) is 11.6. The van der Waals surface area contributed by atoms with Crippen molar-refractivity contribution in [3.05, 3.63) is 23.8 Å². The monoisotopic (exact) mass is 190 g/mol. The van der Waals surface area contributed by atoms with Crippen LogP contribution < -0.4 is 11.1 Å². The zero-order chi connectivity index (χ0) is 10.3. The third-order valence-electron chi connectivity index (χ3n) is 2.62. The van der Waals surface area contributed by atoms with E-state index in [1.807, 2.05) is 32.0 Å². The molecule has 1 amide bonds. The molecule has 1 aliphatic heterocycles. The molecule has 3 nitrogen and oxygen atoms in total. The number of hydrogen-bond donors (Lipinski definition) is 2. The molecule has 74 valence electrons. The first-order valence-corrected chi connectivity index (χ1v) is 4.80. The number of amides is 1. The Kier molecular flexibility index (Phi) is 1.95. The normalized spacial score (nSPS) is 19.6. The van der Waals surface area contributed by atoms with Crippen molar-refractivity contribution in [3.8, 4) is 0 Å². The Morgan fingerprint density at radius 2 is 2.14 bits per heavy atom. The Morgan fingerprint density at radius 3 is 2.79 bits per heavy atom. The summed E-state index contributed by atoms with van der Waals surface area (Å²) >= 11 is 0. The minimum absolute atomic E-state index is 0.0477. The Balaban J connectivity index is 2.50. The summed E-state index contributed by atoms with van der Waals surface area (Å²) in [5.74, 6) is 0.340. The van der Waals surface area contributed by atoms with E-state index < -0.39 is 0 Å². The van der Waals surface area contributed by atoms with Crippen LogP contribution in [-0.4, -0.2) is 5.91 Å². The fraction of sp³-hybridized carbons (Fsp3) is 0.364. The predicted molar refractivity (Wildman–Crippen MR) is 57.1 cm³/mol. The summed E-state index contributed by atoms with van der Waals surface area (Å²) in [7, 11) is 0. The third-order valence-corrected chi connectivity index (χ3v) is 2.62. The van der Waals surface area contributed by atoms with Crippen LogP contribution in [0.5, 0.6) is 0 Å². The van der Waals surface area contributed by atoms with Gasteiger partial charge in [-0.25, -0.2) is 0 Å². The topological polar surface area (TPSA) is 55.1 Å². The van der Waals surface area contributed by atoms with Crippen LogP contribution in [-0.2, 0) is 4.79 Å². The lowest BCUT2D eigenvalue weighted by Crippen LogP contribution is -2.16. The SMILES string of the molecule is CC(C)C1C(=O)Nc2ccc(N)cc21. The summed E-state index contributed by atoms with van der Waals surface area (Å²) in [5, 5.41) is 2.86. The van der Waals surface area contributed by atoms with Crippen molar-refractivity contribution < 1.29 is 4.79 Å². The number of nitrogens with one attached hydrogen (secondary N) is 1. The summed E-state index contributed by atoms with van der Waals surface area (Å²) in [6, 6.07) is 5.56. The second-order valence-corrected chi connectivity index (χ2v) is 4.06. The van der Waals surface area contributed by atoms with Crippen molar-refractivity contribution >= 4 is 17.3 Å². The summed E-state index contributed by atoms with van der Waals surface area (Å²) in [5.41, 5.74) is 8.35. The molecular formula is C11H14N2O. The maximum absolute atomic E-state index is 11.6. The number of nitrogens with two attached hydrogens (primary N) is 1. The Labute approximate surface area is 83.3 Å². The largest absolute Gasteiger partial charge is 0.399 e. The van der Waals surface area contributed by atoms with E-state index in [-0.39, 0.29) is 11.8 Å². The quantitative estimate of drug-likeness (QED) is 0.665. The molecule has 0 saturated carbocycles. The molecule has 0 bridgehead atoms. The first-order valence-electron chi connectivity index (χ1n) is 4.80. The van der Waals surface area contributed by atoms with Crippen molar-refractivity contribution in [2.45, 2.75) is 19.8 Å². The number of benzene rings is 1. The van der Waals surface area contributed by atoms with Crippen LogP contribution in [0.4, 0.5) is 11.4 Å². The molecule has 14 heavy (non-hydrogen) atoms. The molecule has 3 heteroatoms. The average Bonchev–Trinajstić information content (AvgIpc) is 2.40. The van der Waals surface area contributed by atoms with E-state index in [1.165, 1.54) is 0 Å². The molecule has 1 aliphatic rings. The standard InChI is InChI=1S/C11H14N2O/c1-6(2)10-8-5-7(12)3-4-9(8)13-11(10)14/h3-6,10H,12H2,1-2H3,(H,13,14). The van der Waals surface area contributed by atoms with E-state index in [4.69, 9.17) is 5.73 Å². The average molecular weight is 190 g/mol. The molecule has 1 unspecified atom stereocenters. The molecule has 1 aromatic carbocycles. The molecule has 0 fully saturated rings. The highest BCUT2D eigenvalue weighted by molar-refractivity contribution is 6.03. The van der Waals surface area contributed by atoms with E-state index in [0.29, 0.717) is 11.6 Å². The fourth-order valence-corrected chi connectivity index (χ4v) is 1.97. The van der Waals surface area contributed by atoms with E-state index in [9.17, 15) is 4.79 Å². The highest BCUT2D eigenvalue weighted by Gasteiger charge is 2.32. The van der Waals surface area contributed by atoms with Gasteiger partial charge in [-0.3, -0.25) is 4.79 Å². The molecule has 1 heterocycles. The smallest absolute Gasteiger partial charge is 0.232 e. The summed E-state index contributed by atoms with van der Waals surface area (Å²) < 4.78 is 0. The molecular weight excluding hydrogens is 176 g/mol. The van der Waals surface area contributed by atoms with Crippen LogP contribution in [0, 0.1) is 5.92 Å². The van der Waals surface area contributed by atoms with Crippen LogP contribution in [0.1, 0.15) is 25.3 Å². The number of carbonyl (C=O) groups excluding carboxylic acids is 1. The second kappa shape index (κ2) is 3.01. The predicted octanol–water partition coefficient (Wildman–Crippen LogP) is 1.96. The molecule has 0 aromatic heterocycles. The molecule has 1 atom stereocenters. The van der Waals surface area contributed by atoms with Gasteiger partial charge in [-0.15, -0.1) is 0 Å². The van der Waals surface area contributed by atoms with Gasteiger partial charge in [-0.1, -0.05) is 13.8 Å². The van der Waals surface area contributed by atoms with Gasteiger partial charge in [-0.2, -0.15) is 0 Å². The van der Waals surface area contributed by atoms with E-state index in [0.717, 1.165) is 11.3 Å². The van der Waals surface area contributed by atoms with Crippen LogP contribution in [0.15, 0.2) is 18.2 Å². The zero-order valence-electron chi connectivity index (χ0n) is 8.37. The number of rotatable bonds is 1. The molecule has 0 radical (unpaired) electrons. The van der Waals surface area contributed by atoms with Crippen LogP contribution in [0.3, 0.4) is 0 Å². The van der Waals surface area contributed by atoms with E-state index in [2.05, 4.69) is 5.32 Å². The minimum atomic E-state index is -0.0477. The fourth-order valence-electron chi connectivity index (χ4n) is 1.97. The summed E-state index contributed by atoms with van der Waals surface area (Å²) in [6.07, 6.45) is 0. The maximum atomic E-state index is 11.6. The van der Waals surface area contributed by atoms with Crippen molar-refractivity contribution in [2.75, 3.05) is 11.1 Å². The van der Waals surface area contributed by atoms with Gasteiger partial charge in [0.25, 0.3) is 0 Å². The van der Waals surface area contributed by atoms with Crippen LogP contribution in [0.25, 0.3) is 0 Å². The van der Waals surface area contributed by atoms with Crippen molar-refractivity contribution in [1.29, 1.82) is 0 Å². The first kappa shape index (κ1) is 9.06. The van der Waals surface area contributed by atoms with Gasteiger partial charge in [0, 0.05) is 11.4 Å². The first-order chi connectivity index (χ1) is 6.59. The van der Waals surface area contributed by atoms with E-state index in [1.54, 1.807) is 0 Å². The lowest BCUT2D eigenvalue weighted by atomic mass is 9.89. The number of carbonyl (C=O) groups is 1. The maximum Gasteiger partial charge on any atom is 0.232 e. The highest BCUT2D eigenvalue weighted by atomic mass is 16.2. The van der Waals surface area contributed by atoms with E-state index >= 15 is 0 Å². The Morgan fingerprint density at radius 1 is 1.43 bits per heavy atom. The molecule has 0 spiro atoms. The molecule has 2 rings (SSSR count). The number of hydrogen-bond acceptors (Lipinski definition) is 2. The zero-order valence-corrected chi connectivity index (χ0v) is 8.37. The van der Waals surface area contributed by atoms with Crippen molar-refractivity contribution in [1.82, 2.24) is 0 Å². The molecule has 1 aromatic rings. The molecule has 3 N–H and O–H groups in total. The number of fused-ring (bicyclic) bond motifs is 1. The highest BCUT2D eigenvalue weighted by Crippen LogP contribution is 2.37. The van der Waals surface area contributed by atoms with Gasteiger partial charge in [0.2, 0.25) is 5.91 Å². The Hall–Kier alpha value is -1.51. The van der Waals surface area contributed by atoms with Crippen molar-refractivity contribution in [3.63, 3.8) is 0 Å². The van der Waals surface area contributed by atoms with Gasteiger partial charge in [0.1, 0.15) is 0 Å². The van der Waals surface area contributed by atoms with Gasteiger partial charge in [0.15, 0.2) is 0 Å². The molecule has 0 saturated heterocycles. The van der Waals surface area contributed by atoms with Gasteiger partial charge < -0.3 is 11.1 Å². The van der Waals surface area contributed by atoms with Gasteiger partial charge in [0.05, 0.1) is 5.92 Å². The molecule has 0 aliphatic carbocycles. The number of nitrogen functional groups attached to an aromatic ring is 1. The second-order valence-electron chi connectivity index (χ2n) is 4.06. The minimum Gasteiger partial charge on any atom is -0.399 e. The number of anilines is 2. The van der Waals surface area contributed by atoms with Crippen LogP contribution >= 0.6 is 0 Å². The summed E-state index contributed by atoms with van der Waals surface area (Å²) in [6.45, 7) is 4.09. The van der Waals surface area contributed by atoms with Crippen molar-refractivity contribution in [2.24, 2.45) is 5.92 Å². The van der Waals surface area contributed by atoms with Gasteiger partial charge >= 0.3 is 0 Å². The Bertz CT molecular complexity index is 385. The third kappa shape index (κ3) is 1.25. The van der Waals surface area contributed by atoms with Gasteiger partial charge in [-0.05, 0) is 29.7 Å². The van der Waals surface area contributed by atoms with Crippen LogP contribution in [0.2, 0.25) is 0 Å². The lowest BCUT2D eigenvalue weighted by molar-refractivity contribution is -0.117.